The van der Waals surface area contributed by atoms with Crippen LogP contribution in [0.2, 0.25) is 0 Å². The first-order valence-corrected chi connectivity index (χ1v) is 16.8. The Labute approximate surface area is 275 Å². The van der Waals surface area contributed by atoms with E-state index in [-0.39, 0.29) is 10.8 Å². The molecule has 5 aromatic carbocycles. The molecule has 0 aliphatic heterocycles. The number of benzene rings is 4. The number of hydrogen-bond acceptors (Lipinski definition) is 0. The fourth-order valence-corrected chi connectivity index (χ4v) is 6.05. The van der Waals surface area contributed by atoms with Crippen molar-refractivity contribution in [3.05, 3.63) is 149 Å². The zero-order valence-electron chi connectivity index (χ0n) is 27.1. The Bertz CT molecular complexity index is 1590. The van der Waals surface area contributed by atoms with Gasteiger partial charge in [-0.2, -0.15) is 6.08 Å². The molecule has 0 saturated heterocycles. The molecule has 0 N–H and O–H groups in total. The van der Waals surface area contributed by atoms with Gasteiger partial charge in [-0.05, 0) is 10.8 Å². The van der Waals surface area contributed by atoms with Crippen LogP contribution in [-0.4, -0.2) is 3.21 Å². The molecule has 0 atom stereocenters. The van der Waals surface area contributed by atoms with Gasteiger partial charge in [-0.1, -0.05) is 96.7 Å². The molecule has 1 heteroatoms. The van der Waals surface area contributed by atoms with Gasteiger partial charge in [-0.15, -0.1) is 46.2 Å². The summed E-state index contributed by atoms with van der Waals surface area (Å²) in [5.41, 5.74) is 7.34. The standard InChI is InChI=1S/C21H25.C13H10.C8H11.Zr/c1-20(2,3)16-7-9-18-14(12-16)11-15-13-17(21(4,5)6)8-10-19(15)18;1-3-7-12(8-4-1)11-13-9-5-2-6-10-13;1-2-5-8-6-3-4-7-8;/h7-13H,1-6H3;1-10H;6-7H,2-3,5H2,1H3;/q-1;;-1;+2. The molecule has 0 unspecified atom stereocenters. The van der Waals surface area contributed by atoms with E-state index in [1.54, 1.807) is 0 Å². The van der Waals surface area contributed by atoms with E-state index in [2.05, 4.69) is 170 Å². The molecule has 0 aromatic heterocycles. The molecule has 0 bridgehead atoms. The third-order valence-corrected chi connectivity index (χ3v) is 9.29. The van der Waals surface area contributed by atoms with Crippen molar-refractivity contribution in [3.8, 4) is 0 Å². The Morgan fingerprint density at radius 3 is 1.53 bits per heavy atom. The predicted octanol–water partition coefficient (Wildman–Crippen LogP) is 11.6. The minimum absolute atomic E-state index is 0.203. The second-order valence-electron chi connectivity index (χ2n) is 13.4. The van der Waals surface area contributed by atoms with Crippen LogP contribution in [0.1, 0.15) is 90.0 Å². The van der Waals surface area contributed by atoms with Gasteiger partial charge >= 0.3 is 99.2 Å². The topological polar surface area (TPSA) is 0 Å². The third-order valence-electron chi connectivity index (χ3n) is 7.87. The van der Waals surface area contributed by atoms with Crippen LogP contribution in [0.4, 0.5) is 0 Å². The van der Waals surface area contributed by atoms with Crippen molar-refractivity contribution >= 4 is 24.8 Å². The van der Waals surface area contributed by atoms with Crippen LogP contribution in [0.15, 0.2) is 121 Å². The van der Waals surface area contributed by atoms with Crippen molar-refractivity contribution in [1.82, 2.24) is 0 Å². The van der Waals surface area contributed by atoms with E-state index < -0.39 is 0 Å². The molecule has 0 spiro atoms. The second kappa shape index (κ2) is 14.6. The van der Waals surface area contributed by atoms with Gasteiger partial charge in [0.2, 0.25) is 0 Å². The van der Waals surface area contributed by atoms with E-state index in [0.717, 1.165) is 6.42 Å². The second-order valence-corrected chi connectivity index (χ2v) is 14.7. The Kier molecular flexibility index (Phi) is 11.2. The number of allylic oxidation sites excluding steroid dienone is 4. The van der Waals surface area contributed by atoms with Crippen molar-refractivity contribution in [2.24, 2.45) is 0 Å². The van der Waals surface area contributed by atoms with Crippen molar-refractivity contribution in [1.29, 1.82) is 0 Å². The molecule has 0 amide bonds. The van der Waals surface area contributed by atoms with Gasteiger partial charge < -0.3 is 0 Å². The molecule has 6 rings (SSSR count). The van der Waals surface area contributed by atoms with Crippen LogP contribution in [0.3, 0.4) is 0 Å². The first kappa shape index (κ1) is 32.9. The zero-order chi connectivity index (χ0) is 31.0. The summed E-state index contributed by atoms with van der Waals surface area (Å²) >= 11 is 1.46. The molecule has 1 aliphatic rings. The minimum atomic E-state index is 0.203. The van der Waals surface area contributed by atoms with E-state index in [0.29, 0.717) is 0 Å². The zero-order valence-corrected chi connectivity index (χ0v) is 29.5. The van der Waals surface area contributed by atoms with Crippen LogP contribution < -0.4 is 0 Å². The fraction of sp³-hybridized carbons (Fsp3) is 0.286. The van der Waals surface area contributed by atoms with Crippen LogP contribution in [0.25, 0.3) is 21.5 Å². The van der Waals surface area contributed by atoms with Gasteiger partial charge in [0.15, 0.2) is 0 Å². The quantitative estimate of drug-likeness (QED) is 0.171. The van der Waals surface area contributed by atoms with Gasteiger partial charge in [-0.3, -0.25) is 6.08 Å². The number of rotatable bonds is 4. The third kappa shape index (κ3) is 9.00. The van der Waals surface area contributed by atoms with Crippen LogP contribution in [0, 0.1) is 6.08 Å². The summed E-state index contributed by atoms with van der Waals surface area (Å²) in [6.07, 6.45) is 11.0. The summed E-state index contributed by atoms with van der Waals surface area (Å²) in [7, 11) is 0. The van der Waals surface area contributed by atoms with E-state index in [9.17, 15) is 0 Å². The average Bonchev–Trinajstić information content (AvgIpc) is 3.64. The first-order valence-electron chi connectivity index (χ1n) is 15.6. The maximum absolute atomic E-state index is 3.14. The van der Waals surface area contributed by atoms with Gasteiger partial charge in [0.1, 0.15) is 0 Å². The summed E-state index contributed by atoms with van der Waals surface area (Å²) in [5.74, 6) is 0. The molecule has 5 aromatic rings. The summed E-state index contributed by atoms with van der Waals surface area (Å²) in [5, 5.41) is 5.48. The van der Waals surface area contributed by atoms with Gasteiger partial charge in [0.25, 0.3) is 0 Å². The van der Waals surface area contributed by atoms with Gasteiger partial charge in [-0.25, -0.2) is 11.6 Å². The Hall–Kier alpha value is -3.02. The molecule has 218 valence electrons. The number of fused-ring (bicyclic) bond motifs is 3. The molecule has 0 nitrogen and oxygen atoms in total. The summed E-state index contributed by atoms with van der Waals surface area (Å²) < 4.78 is 1.42. The number of hydrogen-bond donors (Lipinski definition) is 0. The molecular formula is C42H46Zr. The fourth-order valence-electron chi connectivity index (χ4n) is 5.23. The SMILES string of the molecule is CC(C)(C)c1ccc2c(c1)[cH-]c1cc(C(C)(C)C)ccc12.CCCC1=CC[C-]=C1.[Zr+2]=[C](c1ccccc1)c1ccccc1. The van der Waals surface area contributed by atoms with Gasteiger partial charge in [0.05, 0.1) is 0 Å². The van der Waals surface area contributed by atoms with Crippen molar-refractivity contribution in [3.63, 3.8) is 0 Å². The van der Waals surface area contributed by atoms with Crippen LogP contribution in [-0.2, 0) is 35.1 Å². The maximum atomic E-state index is 3.14. The Morgan fingerprint density at radius 1 is 0.698 bits per heavy atom. The molecule has 0 saturated carbocycles. The Morgan fingerprint density at radius 2 is 1.16 bits per heavy atom. The molecule has 0 fully saturated rings. The van der Waals surface area contributed by atoms with Gasteiger partial charge in [0, 0.05) is 0 Å². The molecule has 0 heterocycles. The summed E-state index contributed by atoms with van der Waals surface area (Å²) in [4.78, 5) is 0. The normalized spacial score (nSPS) is 12.8. The Balaban J connectivity index is 0.000000165. The van der Waals surface area contributed by atoms with Crippen molar-refractivity contribution in [2.45, 2.75) is 78.6 Å². The van der Waals surface area contributed by atoms with Crippen molar-refractivity contribution in [2.75, 3.05) is 0 Å². The van der Waals surface area contributed by atoms with Crippen molar-refractivity contribution < 1.29 is 24.2 Å². The molecular weight excluding hydrogens is 596 g/mol. The van der Waals surface area contributed by atoms with Crippen LogP contribution in [0.5, 0.6) is 0 Å². The molecule has 1 aliphatic carbocycles. The summed E-state index contributed by atoms with van der Waals surface area (Å²) in [6, 6.07) is 37.3. The first-order chi connectivity index (χ1) is 20.5. The predicted molar refractivity (Wildman–Crippen MR) is 186 cm³/mol. The van der Waals surface area contributed by atoms with E-state index in [1.807, 2.05) is 0 Å². The van der Waals surface area contributed by atoms with E-state index in [4.69, 9.17) is 0 Å². The average molecular weight is 642 g/mol. The monoisotopic (exact) mass is 640 g/mol. The molecule has 0 radical (unpaired) electrons. The van der Waals surface area contributed by atoms with E-state index in [1.165, 1.54) is 89.7 Å². The summed E-state index contributed by atoms with van der Waals surface area (Å²) in [6.45, 7) is 15.8. The van der Waals surface area contributed by atoms with E-state index >= 15 is 0 Å². The van der Waals surface area contributed by atoms with Crippen LogP contribution >= 0.6 is 0 Å². The molecule has 43 heavy (non-hydrogen) atoms.